The molecule has 0 spiro atoms. The molecule has 0 bridgehead atoms. The Kier molecular flexibility index (Phi) is 5.09. The highest BCUT2D eigenvalue weighted by Crippen LogP contribution is 2.25. The molecule has 0 aliphatic rings. The third kappa shape index (κ3) is 3.78. The molecular formula is C19H18N4O2S. The summed E-state index contributed by atoms with van der Waals surface area (Å²) in [6.07, 6.45) is 0. The average Bonchev–Trinajstić information content (AvgIpc) is 3.10. The number of amides is 2. The average molecular weight is 366 g/mol. The normalized spacial score (nSPS) is 10.4. The molecule has 0 unspecified atom stereocenters. The summed E-state index contributed by atoms with van der Waals surface area (Å²) in [4.78, 5) is 34.6. The van der Waals surface area contributed by atoms with Crippen LogP contribution in [0.25, 0.3) is 11.3 Å². The van der Waals surface area contributed by atoms with Gasteiger partial charge in [0.1, 0.15) is 5.69 Å². The van der Waals surface area contributed by atoms with E-state index in [4.69, 9.17) is 0 Å². The minimum Gasteiger partial charge on any atom is -0.343 e. The number of carbonyl (C=O) groups is 2. The molecule has 1 N–H and O–H groups in total. The molecule has 1 aromatic carbocycles. The Labute approximate surface area is 155 Å². The van der Waals surface area contributed by atoms with E-state index < -0.39 is 0 Å². The zero-order valence-electron chi connectivity index (χ0n) is 14.7. The zero-order valence-corrected chi connectivity index (χ0v) is 15.5. The maximum atomic E-state index is 12.5. The monoisotopic (exact) mass is 366 g/mol. The fourth-order valence-electron chi connectivity index (χ4n) is 2.39. The fourth-order valence-corrected chi connectivity index (χ4v) is 3.10. The smallest absolute Gasteiger partial charge is 0.271 e. The van der Waals surface area contributed by atoms with E-state index in [1.54, 1.807) is 33.2 Å². The maximum absolute atomic E-state index is 12.5. The van der Waals surface area contributed by atoms with Gasteiger partial charge in [-0.25, -0.2) is 9.97 Å². The largest absolute Gasteiger partial charge is 0.343 e. The molecule has 0 saturated carbocycles. The lowest BCUT2D eigenvalue weighted by molar-refractivity contribution is 0.0821. The highest BCUT2D eigenvalue weighted by molar-refractivity contribution is 7.14. The van der Waals surface area contributed by atoms with E-state index >= 15 is 0 Å². The highest BCUT2D eigenvalue weighted by atomic mass is 32.1. The van der Waals surface area contributed by atoms with E-state index in [2.05, 4.69) is 15.3 Å². The number of anilines is 1. The molecular weight excluding hydrogens is 348 g/mol. The van der Waals surface area contributed by atoms with Crippen molar-refractivity contribution in [1.29, 1.82) is 0 Å². The Balaban J connectivity index is 1.76. The first kappa shape index (κ1) is 17.8. The number of benzene rings is 1. The van der Waals surface area contributed by atoms with Crippen molar-refractivity contribution >= 4 is 28.3 Å². The molecule has 2 heterocycles. The van der Waals surface area contributed by atoms with E-state index in [1.807, 2.05) is 35.7 Å². The summed E-state index contributed by atoms with van der Waals surface area (Å²) in [5.41, 5.74) is 3.03. The van der Waals surface area contributed by atoms with E-state index in [0.29, 0.717) is 22.1 Å². The lowest BCUT2D eigenvalue weighted by Crippen LogP contribution is -2.23. The van der Waals surface area contributed by atoms with Gasteiger partial charge in [-0.05, 0) is 19.1 Å². The maximum Gasteiger partial charge on any atom is 0.271 e. The van der Waals surface area contributed by atoms with Crippen LogP contribution in [0.15, 0.2) is 47.8 Å². The Morgan fingerprint density at radius 1 is 1.04 bits per heavy atom. The predicted octanol–water partition coefficient (Wildman–Crippen LogP) is 3.47. The summed E-state index contributed by atoms with van der Waals surface area (Å²) in [5, 5.41) is 5.21. The quantitative estimate of drug-likeness (QED) is 0.767. The van der Waals surface area contributed by atoms with Crippen molar-refractivity contribution in [3.05, 3.63) is 64.8 Å². The summed E-state index contributed by atoms with van der Waals surface area (Å²) in [6.45, 7) is 1.71. The van der Waals surface area contributed by atoms with E-state index in [-0.39, 0.29) is 11.8 Å². The van der Waals surface area contributed by atoms with Gasteiger partial charge in [0.2, 0.25) is 0 Å². The second kappa shape index (κ2) is 7.45. The minimum absolute atomic E-state index is 0.201. The Bertz CT molecular complexity index is 951. The number of rotatable bonds is 4. The second-order valence-electron chi connectivity index (χ2n) is 5.89. The van der Waals surface area contributed by atoms with Crippen LogP contribution in [-0.4, -0.2) is 40.8 Å². The number of aryl methyl sites for hydroxylation is 1. The zero-order chi connectivity index (χ0) is 18.7. The SMILES string of the molecule is Cc1nc(C(=O)N(C)C)ccc1C(=O)Nc1nc(-c2ccccc2)cs1. The van der Waals surface area contributed by atoms with Gasteiger partial charge in [-0.3, -0.25) is 14.9 Å². The molecule has 132 valence electrons. The molecule has 7 heteroatoms. The van der Waals surface area contributed by atoms with Gasteiger partial charge in [0.25, 0.3) is 11.8 Å². The Morgan fingerprint density at radius 2 is 1.77 bits per heavy atom. The summed E-state index contributed by atoms with van der Waals surface area (Å²) < 4.78 is 0. The van der Waals surface area contributed by atoms with Gasteiger partial charge in [-0.15, -0.1) is 11.3 Å². The van der Waals surface area contributed by atoms with Gasteiger partial charge in [0.15, 0.2) is 5.13 Å². The Hall–Kier alpha value is -3.06. The van der Waals surface area contributed by atoms with Crippen molar-refractivity contribution in [3.8, 4) is 11.3 Å². The number of carbonyl (C=O) groups excluding carboxylic acids is 2. The number of nitrogens with one attached hydrogen (secondary N) is 1. The summed E-state index contributed by atoms with van der Waals surface area (Å²) >= 11 is 1.36. The first-order chi connectivity index (χ1) is 12.5. The summed E-state index contributed by atoms with van der Waals surface area (Å²) in [5.74, 6) is -0.500. The third-order valence-corrected chi connectivity index (χ3v) is 4.51. The molecule has 0 radical (unpaired) electrons. The van der Waals surface area contributed by atoms with Crippen LogP contribution in [0.5, 0.6) is 0 Å². The van der Waals surface area contributed by atoms with Crippen LogP contribution in [0.4, 0.5) is 5.13 Å². The first-order valence-corrected chi connectivity index (χ1v) is 8.85. The van der Waals surface area contributed by atoms with Crippen LogP contribution >= 0.6 is 11.3 Å². The molecule has 6 nitrogen and oxygen atoms in total. The number of aromatic nitrogens is 2. The summed E-state index contributed by atoms with van der Waals surface area (Å²) in [6, 6.07) is 12.9. The van der Waals surface area contributed by atoms with E-state index in [9.17, 15) is 9.59 Å². The standard InChI is InChI=1S/C19H18N4O2S/c1-12-14(9-10-15(20-12)18(25)23(2)3)17(24)22-19-21-16(11-26-19)13-7-5-4-6-8-13/h4-11H,1-3H3,(H,21,22,24). The van der Waals surface area contributed by atoms with Crippen LogP contribution in [0, 0.1) is 6.92 Å². The number of nitrogens with zero attached hydrogens (tertiary/aromatic N) is 3. The van der Waals surface area contributed by atoms with E-state index in [0.717, 1.165) is 11.3 Å². The van der Waals surface area contributed by atoms with Gasteiger partial charge in [0.05, 0.1) is 17.0 Å². The van der Waals surface area contributed by atoms with Gasteiger partial charge in [-0.1, -0.05) is 30.3 Å². The molecule has 2 aromatic heterocycles. The molecule has 2 amide bonds. The molecule has 0 atom stereocenters. The van der Waals surface area contributed by atoms with Crippen molar-refractivity contribution in [2.45, 2.75) is 6.92 Å². The molecule has 26 heavy (non-hydrogen) atoms. The van der Waals surface area contributed by atoms with Crippen LogP contribution in [0.1, 0.15) is 26.5 Å². The van der Waals surface area contributed by atoms with Gasteiger partial charge >= 0.3 is 0 Å². The van der Waals surface area contributed by atoms with Gasteiger partial charge < -0.3 is 4.90 Å². The molecule has 3 rings (SSSR count). The number of thiazole rings is 1. The van der Waals surface area contributed by atoms with Crippen molar-refractivity contribution in [2.24, 2.45) is 0 Å². The van der Waals surface area contributed by atoms with Crippen molar-refractivity contribution in [1.82, 2.24) is 14.9 Å². The second-order valence-corrected chi connectivity index (χ2v) is 6.75. The molecule has 0 fully saturated rings. The van der Waals surface area contributed by atoms with Crippen LogP contribution in [0.2, 0.25) is 0 Å². The number of hydrogen-bond donors (Lipinski definition) is 1. The van der Waals surface area contributed by atoms with Gasteiger partial charge in [-0.2, -0.15) is 0 Å². The first-order valence-electron chi connectivity index (χ1n) is 7.97. The Morgan fingerprint density at radius 3 is 2.42 bits per heavy atom. The lowest BCUT2D eigenvalue weighted by Gasteiger charge is -2.11. The lowest BCUT2D eigenvalue weighted by atomic mass is 10.1. The molecule has 3 aromatic rings. The van der Waals surface area contributed by atoms with Crippen molar-refractivity contribution < 1.29 is 9.59 Å². The highest BCUT2D eigenvalue weighted by Gasteiger charge is 2.16. The fraction of sp³-hybridized carbons (Fsp3) is 0.158. The van der Waals surface area contributed by atoms with Crippen LogP contribution < -0.4 is 5.32 Å². The third-order valence-electron chi connectivity index (χ3n) is 3.75. The van der Waals surface area contributed by atoms with Crippen molar-refractivity contribution in [3.63, 3.8) is 0 Å². The van der Waals surface area contributed by atoms with Gasteiger partial charge in [0, 0.05) is 25.0 Å². The van der Waals surface area contributed by atoms with Crippen molar-refractivity contribution in [2.75, 3.05) is 19.4 Å². The molecule has 0 aliphatic heterocycles. The molecule has 0 aliphatic carbocycles. The minimum atomic E-state index is -0.298. The number of hydrogen-bond acceptors (Lipinski definition) is 5. The van der Waals surface area contributed by atoms with Crippen LogP contribution in [0.3, 0.4) is 0 Å². The van der Waals surface area contributed by atoms with E-state index in [1.165, 1.54) is 16.2 Å². The topological polar surface area (TPSA) is 75.2 Å². The number of pyridine rings is 1. The predicted molar refractivity (Wildman–Crippen MR) is 102 cm³/mol. The molecule has 0 saturated heterocycles. The van der Waals surface area contributed by atoms with Crippen LogP contribution in [-0.2, 0) is 0 Å². The summed E-state index contributed by atoms with van der Waals surface area (Å²) in [7, 11) is 3.32.